The SMILES string of the molecule is Cc1cnccc1CCN=C(N)N1CCOCC1. The zero-order chi connectivity index (χ0) is 12.8. The molecule has 98 valence electrons. The Balaban J connectivity index is 1.85. The van der Waals surface area contributed by atoms with Gasteiger partial charge in [0.1, 0.15) is 0 Å². The van der Waals surface area contributed by atoms with Crippen LogP contribution in [0.15, 0.2) is 23.5 Å². The fraction of sp³-hybridized carbons (Fsp3) is 0.538. The van der Waals surface area contributed by atoms with Gasteiger partial charge in [0, 0.05) is 32.0 Å². The zero-order valence-corrected chi connectivity index (χ0v) is 10.8. The van der Waals surface area contributed by atoms with Crippen LogP contribution in [-0.2, 0) is 11.2 Å². The van der Waals surface area contributed by atoms with E-state index in [1.807, 2.05) is 18.5 Å². The summed E-state index contributed by atoms with van der Waals surface area (Å²) in [5.74, 6) is 0.630. The maximum absolute atomic E-state index is 5.96. The van der Waals surface area contributed by atoms with Crippen molar-refractivity contribution in [2.75, 3.05) is 32.8 Å². The van der Waals surface area contributed by atoms with Crippen molar-refractivity contribution in [1.29, 1.82) is 0 Å². The number of aromatic nitrogens is 1. The van der Waals surface area contributed by atoms with Gasteiger partial charge in [-0.1, -0.05) is 0 Å². The van der Waals surface area contributed by atoms with E-state index in [0.717, 1.165) is 32.7 Å². The van der Waals surface area contributed by atoms with Crippen LogP contribution >= 0.6 is 0 Å². The van der Waals surface area contributed by atoms with E-state index >= 15 is 0 Å². The minimum atomic E-state index is 0.630. The molecule has 1 fully saturated rings. The number of aryl methyl sites for hydroxylation is 1. The summed E-state index contributed by atoms with van der Waals surface area (Å²) in [6.07, 6.45) is 4.60. The number of rotatable bonds is 3. The maximum atomic E-state index is 5.96. The van der Waals surface area contributed by atoms with Gasteiger partial charge in [-0.15, -0.1) is 0 Å². The first-order chi connectivity index (χ1) is 8.77. The smallest absolute Gasteiger partial charge is 0.191 e. The first-order valence-corrected chi connectivity index (χ1v) is 6.29. The van der Waals surface area contributed by atoms with Crippen molar-refractivity contribution in [2.45, 2.75) is 13.3 Å². The topological polar surface area (TPSA) is 63.7 Å². The van der Waals surface area contributed by atoms with Crippen LogP contribution in [-0.4, -0.2) is 48.7 Å². The number of aliphatic imine (C=N–C) groups is 1. The van der Waals surface area contributed by atoms with E-state index in [1.54, 1.807) is 0 Å². The summed E-state index contributed by atoms with van der Waals surface area (Å²) in [7, 11) is 0. The van der Waals surface area contributed by atoms with E-state index in [0.29, 0.717) is 12.5 Å². The predicted octanol–water partition coefficient (Wildman–Crippen LogP) is 0.579. The molecule has 0 bridgehead atoms. The molecule has 0 amide bonds. The van der Waals surface area contributed by atoms with E-state index in [1.165, 1.54) is 11.1 Å². The van der Waals surface area contributed by atoms with Crippen molar-refractivity contribution in [2.24, 2.45) is 10.7 Å². The molecule has 2 N–H and O–H groups in total. The number of morpholine rings is 1. The molecule has 18 heavy (non-hydrogen) atoms. The molecule has 2 heterocycles. The Bertz CT molecular complexity index is 413. The third-order valence-electron chi connectivity index (χ3n) is 3.13. The van der Waals surface area contributed by atoms with Gasteiger partial charge in [-0.05, 0) is 30.5 Å². The summed E-state index contributed by atoms with van der Waals surface area (Å²) >= 11 is 0. The van der Waals surface area contributed by atoms with Gasteiger partial charge in [-0.2, -0.15) is 0 Å². The van der Waals surface area contributed by atoms with E-state index < -0.39 is 0 Å². The van der Waals surface area contributed by atoms with Crippen LogP contribution in [0, 0.1) is 6.92 Å². The molecule has 0 spiro atoms. The Labute approximate surface area is 108 Å². The molecule has 0 atom stereocenters. The van der Waals surface area contributed by atoms with Crippen LogP contribution in [0.25, 0.3) is 0 Å². The second-order valence-corrected chi connectivity index (χ2v) is 4.39. The average molecular weight is 248 g/mol. The Morgan fingerprint density at radius 3 is 3.00 bits per heavy atom. The largest absolute Gasteiger partial charge is 0.378 e. The summed E-state index contributed by atoms with van der Waals surface area (Å²) < 4.78 is 5.28. The van der Waals surface area contributed by atoms with E-state index in [4.69, 9.17) is 10.5 Å². The molecule has 2 rings (SSSR count). The van der Waals surface area contributed by atoms with Crippen molar-refractivity contribution in [3.63, 3.8) is 0 Å². The number of nitrogens with zero attached hydrogens (tertiary/aromatic N) is 3. The Morgan fingerprint density at radius 2 is 2.28 bits per heavy atom. The standard InChI is InChI=1S/C13H20N4O/c1-11-10-15-4-2-12(11)3-5-16-13(14)17-6-8-18-9-7-17/h2,4,10H,3,5-9H2,1H3,(H2,14,16). The van der Waals surface area contributed by atoms with E-state index in [2.05, 4.69) is 21.8 Å². The van der Waals surface area contributed by atoms with Gasteiger partial charge in [-0.25, -0.2) is 0 Å². The molecule has 1 aromatic heterocycles. The minimum Gasteiger partial charge on any atom is -0.378 e. The molecule has 0 aliphatic carbocycles. The van der Waals surface area contributed by atoms with Gasteiger partial charge in [0.25, 0.3) is 0 Å². The van der Waals surface area contributed by atoms with Gasteiger partial charge in [-0.3, -0.25) is 9.98 Å². The molecule has 5 heteroatoms. The lowest BCUT2D eigenvalue weighted by atomic mass is 10.1. The predicted molar refractivity (Wildman–Crippen MR) is 71.6 cm³/mol. The Hall–Kier alpha value is -1.62. The van der Waals surface area contributed by atoms with E-state index in [-0.39, 0.29) is 0 Å². The summed E-state index contributed by atoms with van der Waals surface area (Å²) in [4.78, 5) is 10.6. The molecule has 1 aliphatic heterocycles. The molecule has 5 nitrogen and oxygen atoms in total. The van der Waals surface area contributed by atoms with Crippen LogP contribution in [0.2, 0.25) is 0 Å². The number of hydrogen-bond acceptors (Lipinski definition) is 3. The molecule has 1 aromatic rings. The lowest BCUT2D eigenvalue weighted by molar-refractivity contribution is 0.0674. The minimum absolute atomic E-state index is 0.630. The van der Waals surface area contributed by atoms with Gasteiger partial charge in [0.05, 0.1) is 13.2 Å². The molecule has 0 saturated carbocycles. The zero-order valence-electron chi connectivity index (χ0n) is 10.8. The fourth-order valence-corrected chi connectivity index (χ4v) is 1.97. The highest BCUT2D eigenvalue weighted by Gasteiger charge is 2.11. The highest BCUT2D eigenvalue weighted by molar-refractivity contribution is 5.78. The molecular weight excluding hydrogens is 228 g/mol. The number of pyridine rings is 1. The second kappa shape index (κ2) is 6.35. The van der Waals surface area contributed by atoms with Gasteiger partial charge < -0.3 is 15.4 Å². The van der Waals surface area contributed by atoms with Gasteiger partial charge in [0.15, 0.2) is 5.96 Å². The maximum Gasteiger partial charge on any atom is 0.191 e. The quantitative estimate of drug-likeness (QED) is 0.628. The van der Waals surface area contributed by atoms with E-state index in [9.17, 15) is 0 Å². The number of guanidine groups is 1. The summed E-state index contributed by atoms with van der Waals surface area (Å²) in [5.41, 5.74) is 8.45. The Kier molecular flexibility index (Phi) is 4.52. The third-order valence-corrected chi connectivity index (χ3v) is 3.13. The molecular formula is C13H20N4O. The van der Waals surface area contributed by atoms with Gasteiger partial charge in [0.2, 0.25) is 0 Å². The van der Waals surface area contributed by atoms with Crippen LogP contribution in [0.5, 0.6) is 0 Å². The third kappa shape index (κ3) is 3.43. The lowest BCUT2D eigenvalue weighted by Gasteiger charge is -2.27. The molecule has 1 saturated heterocycles. The average Bonchev–Trinajstić information content (AvgIpc) is 2.42. The normalized spacial score (nSPS) is 16.9. The van der Waals surface area contributed by atoms with Crippen LogP contribution in [0.1, 0.15) is 11.1 Å². The van der Waals surface area contributed by atoms with Crippen molar-refractivity contribution in [1.82, 2.24) is 9.88 Å². The van der Waals surface area contributed by atoms with Crippen molar-refractivity contribution >= 4 is 5.96 Å². The summed E-state index contributed by atoms with van der Waals surface area (Å²) in [6, 6.07) is 2.04. The van der Waals surface area contributed by atoms with Crippen molar-refractivity contribution in [3.8, 4) is 0 Å². The highest BCUT2D eigenvalue weighted by Crippen LogP contribution is 2.06. The van der Waals surface area contributed by atoms with Crippen LogP contribution in [0.4, 0.5) is 0 Å². The number of nitrogens with two attached hydrogens (primary N) is 1. The molecule has 0 aromatic carbocycles. The van der Waals surface area contributed by atoms with Crippen molar-refractivity contribution < 1.29 is 4.74 Å². The first-order valence-electron chi connectivity index (χ1n) is 6.29. The van der Waals surface area contributed by atoms with Crippen LogP contribution < -0.4 is 5.73 Å². The second-order valence-electron chi connectivity index (χ2n) is 4.39. The highest BCUT2D eigenvalue weighted by atomic mass is 16.5. The Morgan fingerprint density at radius 1 is 1.50 bits per heavy atom. The summed E-state index contributed by atoms with van der Waals surface area (Å²) in [6.45, 7) is 5.93. The monoisotopic (exact) mass is 248 g/mol. The van der Waals surface area contributed by atoms with Crippen LogP contribution in [0.3, 0.4) is 0 Å². The first kappa shape index (κ1) is 12.8. The fourth-order valence-electron chi connectivity index (χ4n) is 1.97. The molecule has 1 aliphatic rings. The number of hydrogen-bond donors (Lipinski definition) is 1. The van der Waals surface area contributed by atoms with Crippen molar-refractivity contribution in [3.05, 3.63) is 29.6 Å². The van der Waals surface area contributed by atoms with Gasteiger partial charge >= 0.3 is 0 Å². The lowest BCUT2D eigenvalue weighted by Crippen LogP contribution is -2.44. The molecule has 0 unspecified atom stereocenters. The number of ether oxygens (including phenoxy) is 1. The summed E-state index contributed by atoms with van der Waals surface area (Å²) in [5, 5.41) is 0. The molecule has 0 radical (unpaired) electrons.